The molecule has 3 atom stereocenters. The normalized spacial score (nSPS) is 32.1. The van der Waals surface area contributed by atoms with Gasteiger partial charge in [-0.25, -0.2) is 15.0 Å². The molecule has 0 aromatic carbocycles. The van der Waals surface area contributed by atoms with Crippen molar-refractivity contribution < 1.29 is 0 Å². The first-order chi connectivity index (χ1) is 8.42. The number of rotatable bonds is 1. The third kappa shape index (κ3) is 1.38. The van der Waals surface area contributed by atoms with E-state index in [9.17, 15) is 0 Å². The van der Waals surface area contributed by atoms with Gasteiger partial charge in [0.1, 0.15) is 17.7 Å². The van der Waals surface area contributed by atoms with Crippen molar-refractivity contribution in [2.75, 3.05) is 6.54 Å². The number of aromatic amines is 1. The molecule has 0 bridgehead atoms. The Balaban J connectivity index is 1.74. The molecule has 2 aromatic rings. The highest BCUT2D eigenvalue weighted by molar-refractivity contribution is 5.68. The number of nitrogens with zero attached hydrogens (tertiary/aromatic N) is 3. The van der Waals surface area contributed by atoms with Crippen LogP contribution in [0.2, 0.25) is 0 Å². The highest BCUT2D eigenvalue weighted by Gasteiger charge is 2.40. The number of hydrogen-bond donors (Lipinski definition) is 2. The van der Waals surface area contributed by atoms with E-state index >= 15 is 0 Å². The lowest BCUT2D eigenvalue weighted by Gasteiger charge is -2.15. The molecule has 88 valence electrons. The predicted octanol–water partition coefficient (Wildman–Crippen LogP) is 1.41. The van der Waals surface area contributed by atoms with Crippen molar-refractivity contribution in [1.82, 2.24) is 25.3 Å². The minimum Gasteiger partial charge on any atom is -0.338 e. The maximum absolute atomic E-state index is 4.59. The molecule has 5 heteroatoms. The van der Waals surface area contributed by atoms with E-state index in [1.807, 2.05) is 0 Å². The lowest BCUT2D eigenvalue weighted by atomic mass is 9.94. The molecular formula is C12H15N5. The number of aromatic nitrogens is 4. The second-order valence-corrected chi connectivity index (χ2v) is 5.12. The van der Waals surface area contributed by atoms with Crippen LogP contribution in [0.25, 0.3) is 11.2 Å². The van der Waals surface area contributed by atoms with Crippen LogP contribution in [0.1, 0.15) is 31.1 Å². The number of H-pyrrole nitrogens is 1. The number of hydrogen-bond acceptors (Lipinski definition) is 4. The van der Waals surface area contributed by atoms with Gasteiger partial charge in [-0.1, -0.05) is 6.42 Å². The van der Waals surface area contributed by atoms with E-state index in [0.717, 1.165) is 35.4 Å². The van der Waals surface area contributed by atoms with Crippen molar-refractivity contribution in [1.29, 1.82) is 0 Å². The first-order valence-electron chi connectivity index (χ1n) is 6.31. The standard InChI is InChI=1S/C12H15N5/c1-2-7-4-14-10(8(7)3-1)12-16-9-5-13-6-15-11(9)17-12/h5-8,10,14H,1-4H2,(H,13,15,16,17). The molecule has 17 heavy (non-hydrogen) atoms. The second kappa shape index (κ2) is 3.50. The van der Waals surface area contributed by atoms with E-state index in [-0.39, 0.29) is 0 Å². The lowest BCUT2D eigenvalue weighted by molar-refractivity contribution is 0.410. The SMILES string of the molecule is c1ncc2[nH]c(C3NCC4CCCC43)nc2n1. The average Bonchev–Trinajstić information content (AvgIpc) is 3.02. The zero-order valence-corrected chi connectivity index (χ0v) is 9.56. The van der Waals surface area contributed by atoms with E-state index in [1.54, 1.807) is 12.5 Å². The minimum absolute atomic E-state index is 0.386. The smallest absolute Gasteiger partial charge is 0.180 e. The van der Waals surface area contributed by atoms with E-state index in [2.05, 4.69) is 25.3 Å². The number of imidazole rings is 1. The summed E-state index contributed by atoms with van der Waals surface area (Å²) in [6.07, 6.45) is 7.40. The van der Waals surface area contributed by atoms with Gasteiger partial charge >= 0.3 is 0 Å². The first kappa shape index (κ1) is 9.53. The van der Waals surface area contributed by atoms with Crippen LogP contribution < -0.4 is 5.32 Å². The van der Waals surface area contributed by atoms with Crippen LogP contribution >= 0.6 is 0 Å². The first-order valence-corrected chi connectivity index (χ1v) is 6.31. The van der Waals surface area contributed by atoms with Crippen LogP contribution in [-0.2, 0) is 0 Å². The summed E-state index contributed by atoms with van der Waals surface area (Å²) in [4.78, 5) is 16.1. The van der Waals surface area contributed by atoms with Gasteiger partial charge in [0.25, 0.3) is 0 Å². The van der Waals surface area contributed by atoms with Crippen LogP contribution in [-0.4, -0.2) is 26.5 Å². The Hall–Kier alpha value is -1.49. The summed E-state index contributed by atoms with van der Waals surface area (Å²) in [6.45, 7) is 1.14. The molecule has 1 saturated heterocycles. The summed E-state index contributed by atoms with van der Waals surface area (Å²) in [5.41, 5.74) is 1.71. The van der Waals surface area contributed by atoms with Crippen molar-refractivity contribution in [3.63, 3.8) is 0 Å². The zero-order chi connectivity index (χ0) is 11.2. The Morgan fingerprint density at radius 1 is 1.29 bits per heavy atom. The van der Waals surface area contributed by atoms with Gasteiger partial charge in [-0.2, -0.15) is 0 Å². The summed E-state index contributed by atoms with van der Waals surface area (Å²) in [7, 11) is 0. The van der Waals surface area contributed by atoms with Crippen LogP contribution in [0.3, 0.4) is 0 Å². The molecular weight excluding hydrogens is 214 g/mol. The molecule has 0 amide bonds. The van der Waals surface area contributed by atoms with Gasteiger partial charge in [0, 0.05) is 0 Å². The summed E-state index contributed by atoms with van der Waals surface area (Å²) >= 11 is 0. The molecule has 3 heterocycles. The predicted molar refractivity (Wildman–Crippen MR) is 63.3 cm³/mol. The Morgan fingerprint density at radius 2 is 2.29 bits per heavy atom. The zero-order valence-electron chi connectivity index (χ0n) is 9.56. The lowest BCUT2D eigenvalue weighted by Crippen LogP contribution is -2.19. The third-order valence-electron chi connectivity index (χ3n) is 4.22. The van der Waals surface area contributed by atoms with E-state index in [0.29, 0.717) is 6.04 Å². The second-order valence-electron chi connectivity index (χ2n) is 5.12. The van der Waals surface area contributed by atoms with Crippen LogP contribution in [0, 0.1) is 11.8 Å². The Labute approximate surface area is 99.1 Å². The van der Waals surface area contributed by atoms with Gasteiger partial charge in [-0.3, -0.25) is 0 Å². The maximum atomic E-state index is 4.59. The largest absolute Gasteiger partial charge is 0.338 e. The van der Waals surface area contributed by atoms with E-state index in [1.165, 1.54) is 19.3 Å². The molecule has 1 saturated carbocycles. The van der Waals surface area contributed by atoms with Crippen LogP contribution in [0.4, 0.5) is 0 Å². The summed E-state index contributed by atoms with van der Waals surface area (Å²) < 4.78 is 0. The number of fused-ring (bicyclic) bond motifs is 2. The molecule has 2 fully saturated rings. The van der Waals surface area contributed by atoms with Crippen molar-refractivity contribution in [2.24, 2.45) is 11.8 Å². The topological polar surface area (TPSA) is 66.5 Å². The molecule has 3 unspecified atom stereocenters. The minimum atomic E-state index is 0.386. The average molecular weight is 229 g/mol. The maximum Gasteiger partial charge on any atom is 0.180 e. The highest BCUT2D eigenvalue weighted by Crippen LogP contribution is 2.43. The fraction of sp³-hybridized carbons (Fsp3) is 0.583. The Bertz CT molecular complexity index is 516. The summed E-state index contributed by atoms with van der Waals surface area (Å²) in [5.74, 6) is 2.64. The quantitative estimate of drug-likeness (QED) is 0.776. The van der Waals surface area contributed by atoms with Gasteiger partial charge in [-0.15, -0.1) is 0 Å². The molecule has 0 spiro atoms. The van der Waals surface area contributed by atoms with Crippen molar-refractivity contribution in [3.05, 3.63) is 18.3 Å². The summed E-state index contributed by atoms with van der Waals surface area (Å²) in [5, 5.41) is 3.59. The molecule has 4 rings (SSSR count). The van der Waals surface area contributed by atoms with Gasteiger partial charge in [0.05, 0.1) is 12.2 Å². The van der Waals surface area contributed by atoms with Crippen LogP contribution in [0.5, 0.6) is 0 Å². The molecule has 2 aromatic heterocycles. The van der Waals surface area contributed by atoms with Gasteiger partial charge < -0.3 is 10.3 Å². The van der Waals surface area contributed by atoms with E-state index in [4.69, 9.17) is 0 Å². The van der Waals surface area contributed by atoms with Crippen LogP contribution in [0.15, 0.2) is 12.5 Å². The van der Waals surface area contributed by atoms with Crippen molar-refractivity contribution >= 4 is 11.2 Å². The Morgan fingerprint density at radius 3 is 3.24 bits per heavy atom. The van der Waals surface area contributed by atoms with E-state index < -0.39 is 0 Å². The highest BCUT2D eigenvalue weighted by atomic mass is 15.1. The number of nitrogens with one attached hydrogen (secondary N) is 2. The molecule has 5 nitrogen and oxygen atoms in total. The van der Waals surface area contributed by atoms with Gasteiger partial charge in [0.2, 0.25) is 0 Å². The summed E-state index contributed by atoms with van der Waals surface area (Å²) in [6, 6.07) is 0.386. The van der Waals surface area contributed by atoms with Crippen molar-refractivity contribution in [2.45, 2.75) is 25.3 Å². The van der Waals surface area contributed by atoms with Crippen molar-refractivity contribution in [3.8, 4) is 0 Å². The fourth-order valence-electron chi connectivity index (χ4n) is 3.41. The molecule has 2 aliphatic rings. The van der Waals surface area contributed by atoms with Gasteiger partial charge in [-0.05, 0) is 31.2 Å². The molecule has 2 N–H and O–H groups in total. The van der Waals surface area contributed by atoms with Gasteiger partial charge in [0.15, 0.2) is 5.65 Å². The Kier molecular flexibility index (Phi) is 1.96. The molecule has 1 aliphatic heterocycles. The molecule has 1 aliphatic carbocycles. The monoisotopic (exact) mass is 229 g/mol. The molecule has 0 radical (unpaired) electrons. The fourth-order valence-corrected chi connectivity index (χ4v) is 3.41. The third-order valence-corrected chi connectivity index (χ3v) is 4.22.